The maximum Gasteiger partial charge on any atom is 0.0829 e. The quantitative estimate of drug-likeness (QED) is 0.0492. The van der Waals surface area contributed by atoms with Gasteiger partial charge in [0.1, 0.15) is 0 Å². The molecule has 0 N–H and O–H groups in total. The Hall–Kier alpha value is -1.94. The van der Waals surface area contributed by atoms with E-state index in [0.29, 0.717) is 12.0 Å². The van der Waals surface area contributed by atoms with Crippen LogP contribution in [0, 0.1) is 5.92 Å². The van der Waals surface area contributed by atoms with Gasteiger partial charge in [-0.05, 0) is 124 Å². The van der Waals surface area contributed by atoms with Crippen molar-refractivity contribution in [2.45, 2.75) is 252 Å². The van der Waals surface area contributed by atoms with E-state index >= 15 is 0 Å². The van der Waals surface area contributed by atoms with E-state index in [1.807, 2.05) is 0 Å². The number of aromatic nitrogens is 3. The van der Waals surface area contributed by atoms with Crippen molar-refractivity contribution in [3.8, 4) is 0 Å². The molecule has 0 radical (unpaired) electrons. The van der Waals surface area contributed by atoms with Gasteiger partial charge in [0.25, 0.3) is 0 Å². The molecule has 324 valence electrons. The minimum Gasteiger partial charge on any atom is -0.304 e. The molecule has 4 nitrogen and oxygen atoms in total. The zero-order valence-corrected chi connectivity index (χ0v) is 38.8. The third-order valence-corrected chi connectivity index (χ3v) is 12.0. The van der Waals surface area contributed by atoms with Crippen LogP contribution in [0.3, 0.4) is 0 Å². The van der Waals surface area contributed by atoms with Gasteiger partial charge in [-0.1, -0.05) is 190 Å². The molecule has 1 heterocycles. The summed E-state index contributed by atoms with van der Waals surface area (Å²) in [7, 11) is 4.39. The average molecular weight is 777 g/mol. The average Bonchev–Trinajstić information content (AvgIpc) is 3.63. The monoisotopic (exact) mass is 777 g/mol. The normalized spacial score (nSPS) is 13.4. The molecule has 0 amide bonds. The maximum absolute atomic E-state index is 4.74. The standard InChI is InChI=1S/C52H96N4/c1-8-10-12-14-16-18-20-22-24-26-28-30-32-34-36-38-40-42-44-51(56-48-50(53-54-56)46-49(3)47-52(4,5)55(6)7)45-43-41-39-37-35-33-31-29-27-25-23-21-19-17-15-13-11-9-2/h16-19,22-25,48-49,51H,8-15,20-21,26-47H2,1-7H3/b18-16-,19-17-,24-22-,25-23-. The smallest absolute Gasteiger partial charge is 0.0829 e. The summed E-state index contributed by atoms with van der Waals surface area (Å²) in [5, 5.41) is 9.43. The number of allylic oxidation sites excluding steroid dienone is 8. The lowest BCUT2D eigenvalue weighted by atomic mass is 9.88. The van der Waals surface area contributed by atoms with Crippen LogP contribution in [0.15, 0.2) is 54.8 Å². The molecule has 1 aromatic rings. The summed E-state index contributed by atoms with van der Waals surface area (Å²) < 4.78 is 2.26. The van der Waals surface area contributed by atoms with Crippen LogP contribution in [0.25, 0.3) is 0 Å². The van der Waals surface area contributed by atoms with Crippen molar-refractivity contribution >= 4 is 0 Å². The Morgan fingerprint density at radius 3 is 1.32 bits per heavy atom. The Kier molecular flexibility index (Phi) is 34.7. The van der Waals surface area contributed by atoms with E-state index in [-0.39, 0.29) is 5.54 Å². The van der Waals surface area contributed by atoms with Gasteiger partial charge in [0.15, 0.2) is 0 Å². The molecular weight excluding hydrogens is 681 g/mol. The van der Waals surface area contributed by atoms with Crippen molar-refractivity contribution < 1.29 is 0 Å². The molecule has 0 bridgehead atoms. The highest BCUT2D eigenvalue weighted by atomic mass is 15.4. The molecule has 4 heteroatoms. The molecule has 0 fully saturated rings. The van der Waals surface area contributed by atoms with E-state index in [1.165, 1.54) is 192 Å². The molecule has 1 atom stereocenters. The van der Waals surface area contributed by atoms with E-state index in [2.05, 4.69) is 113 Å². The van der Waals surface area contributed by atoms with Gasteiger partial charge in [0.2, 0.25) is 0 Å². The summed E-state index contributed by atoms with van der Waals surface area (Å²) in [6, 6.07) is 0.499. The Labute approximate surface area is 350 Å². The van der Waals surface area contributed by atoms with Crippen molar-refractivity contribution in [3.63, 3.8) is 0 Å². The van der Waals surface area contributed by atoms with Crippen molar-refractivity contribution in [3.05, 3.63) is 60.5 Å². The highest BCUT2D eigenvalue weighted by Gasteiger charge is 2.24. The molecule has 1 rings (SSSR count). The SMILES string of the molecule is CCCCC/C=C\C/C=C\CCCCCCCCCCC(CCCCCCCCCC/C=C\C/C=C\CCCCC)n1cc(CC(C)CC(C)(C)N(C)C)nn1. The Balaban J connectivity index is 2.33. The van der Waals surface area contributed by atoms with Crippen LogP contribution >= 0.6 is 0 Å². The Bertz CT molecular complexity index is 1040. The second-order valence-electron chi connectivity index (χ2n) is 18.2. The van der Waals surface area contributed by atoms with Crippen LogP contribution in [0.4, 0.5) is 0 Å². The number of hydrogen-bond donors (Lipinski definition) is 0. The highest BCUT2D eigenvalue weighted by Crippen LogP contribution is 2.26. The third-order valence-electron chi connectivity index (χ3n) is 12.0. The fraction of sp³-hybridized carbons (Fsp3) is 0.808. The predicted octanol–water partition coefficient (Wildman–Crippen LogP) is 16.7. The van der Waals surface area contributed by atoms with E-state index in [0.717, 1.165) is 19.3 Å². The first-order valence-electron chi connectivity index (χ1n) is 24.5. The first-order valence-corrected chi connectivity index (χ1v) is 24.5. The van der Waals surface area contributed by atoms with Gasteiger partial charge in [0, 0.05) is 11.7 Å². The first kappa shape index (κ1) is 52.1. The third kappa shape index (κ3) is 31.1. The molecule has 0 aliphatic carbocycles. The van der Waals surface area contributed by atoms with Gasteiger partial charge in [-0.25, -0.2) is 4.68 Å². The van der Waals surface area contributed by atoms with Crippen LogP contribution in [0.2, 0.25) is 0 Å². The van der Waals surface area contributed by atoms with E-state index < -0.39 is 0 Å². The summed E-state index contributed by atoms with van der Waals surface area (Å²) in [4.78, 5) is 2.35. The fourth-order valence-corrected chi connectivity index (χ4v) is 7.90. The van der Waals surface area contributed by atoms with Gasteiger partial charge in [0.05, 0.1) is 11.7 Å². The van der Waals surface area contributed by atoms with E-state index in [4.69, 9.17) is 10.3 Å². The fourth-order valence-electron chi connectivity index (χ4n) is 7.90. The Morgan fingerprint density at radius 1 is 0.554 bits per heavy atom. The van der Waals surface area contributed by atoms with Crippen molar-refractivity contribution in [1.82, 2.24) is 19.9 Å². The predicted molar refractivity (Wildman–Crippen MR) is 251 cm³/mol. The van der Waals surface area contributed by atoms with Crippen molar-refractivity contribution in [2.75, 3.05) is 14.1 Å². The first-order chi connectivity index (χ1) is 27.3. The second-order valence-corrected chi connectivity index (χ2v) is 18.2. The molecule has 0 aliphatic heterocycles. The summed E-state index contributed by atoms with van der Waals surface area (Å²) in [6.45, 7) is 11.6. The second kappa shape index (κ2) is 37.3. The minimum absolute atomic E-state index is 0.196. The van der Waals surface area contributed by atoms with Gasteiger partial charge >= 0.3 is 0 Å². The molecule has 1 unspecified atom stereocenters. The molecule has 0 spiro atoms. The molecule has 56 heavy (non-hydrogen) atoms. The maximum atomic E-state index is 4.74. The summed E-state index contributed by atoms with van der Waals surface area (Å²) in [6.07, 6.45) is 63.1. The lowest BCUT2D eigenvalue weighted by Crippen LogP contribution is -2.39. The van der Waals surface area contributed by atoms with Crippen LogP contribution in [-0.4, -0.2) is 39.5 Å². The molecule has 1 aromatic heterocycles. The number of hydrogen-bond acceptors (Lipinski definition) is 3. The van der Waals surface area contributed by atoms with E-state index in [1.54, 1.807) is 0 Å². The van der Waals surface area contributed by atoms with Crippen molar-refractivity contribution in [2.24, 2.45) is 5.92 Å². The molecular formula is C52H96N4. The summed E-state index contributed by atoms with van der Waals surface area (Å²) in [5.41, 5.74) is 1.37. The summed E-state index contributed by atoms with van der Waals surface area (Å²) >= 11 is 0. The largest absolute Gasteiger partial charge is 0.304 e. The van der Waals surface area contributed by atoms with Crippen molar-refractivity contribution in [1.29, 1.82) is 0 Å². The Morgan fingerprint density at radius 2 is 0.929 bits per heavy atom. The zero-order valence-electron chi connectivity index (χ0n) is 38.8. The van der Waals surface area contributed by atoms with E-state index in [9.17, 15) is 0 Å². The van der Waals surface area contributed by atoms with Gasteiger partial charge < -0.3 is 4.90 Å². The topological polar surface area (TPSA) is 34.0 Å². The molecule has 0 aliphatic rings. The molecule has 0 saturated carbocycles. The van der Waals surface area contributed by atoms with Gasteiger partial charge in [-0.3, -0.25) is 0 Å². The molecule has 0 aromatic carbocycles. The number of nitrogens with zero attached hydrogens (tertiary/aromatic N) is 4. The van der Waals surface area contributed by atoms with Crippen LogP contribution < -0.4 is 0 Å². The lowest BCUT2D eigenvalue weighted by Gasteiger charge is -2.34. The van der Waals surface area contributed by atoms with Gasteiger partial charge in [-0.15, -0.1) is 5.10 Å². The lowest BCUT2D eigenvalue weighted by molar-refractivity contribution is 0.158. The molecule has 0 saturated heterocycles. The van der Waals surface area contributed by atoms with Gasteiger partial charge in [-0.2, -0.15) is 0 Å². The van der Waals surface area contributed by atoms with Crippen LogP contribution in [0.1, 0.15) is 245 Å². The summed E-state index contributed by atoms with van der Waals surface area (Å²) in [5.74, 6) is 0.587. The minimum atomic E-state index is 0.196. The number of rotatable bonds is 40. The van der Waals surface area contributed by atoms with Crippen LogP contribution in [-0.2, 0) is 6.42 Å². The van der Waals surface area contributed by atoms with Crippen LogP contribution in [0.5, 0.6) is 0 Å². The number of unbranched alkanes of at least 4 members (excludes halogenated alkanes) is 22. The zero-order chi connectivity index (χ0) is 40.8. The highest BCUT2D eigenvalue weighted by molar-refractivity contribution is 4.97.